The Morgan fingerprint density at radius 3 is 2.03 bits per heavy atom. The molecule has 1 rings (SSSR count). The lowest BCUT2D eigenvalue weighted by atomic mass is 9.90. The zero-order chi connectivity index (χ0) is 22.0. The molecule has 0 saturated carbocycles. The van der Waals surface area contributed by atoms with E-state index >= 15 is 0 Å². The van der Waals surface area contributed by atoms with E-state index in [2.05, 4.69) is 6.92 Å². The molecule has 1 aromatic carbocycles. The summed E-state index contributed by atoms with van der Waals surface area (Å²) in [5, 5.41) is 21.6. The number of aliphatic carboxylic acids is 1. The van der Waals surface area contributed by atoms with Crippen molar-refractivity contribution in [3.8, 4) is 17.2 Å². The first-order valence-electron chi connectivity index (χ1n) is 9.88. The van der Waals surface area contributed by atoms with E-state index in [0.29, 0.717) is 19.3 Å². The van der Waals surface area contributed by atoms with Crippen LogP contribution in [-0.2, 0) is 14.3 Å². The number of hydrogen-bond donors (Lipinski definition) is 1. The van der Waals surface area contributed by atoms with Crippen molar-refractivity contribution in [1.29, 1.82) is 0 Å². The minimum absolute atomic E-state index is 0.00950. The first-order chi connectivity index (χ1) is 13.8. The van der Waals surface area contributed by atoms with Crippen molar-refractivity contribution < 1.29 is 34.0 Å². The largest absolute Gasteiger partial charge is 0.867 e. The van der Waals surface area contributed by atoms with E-state index in [1.165, 1.54) is 26.4 Å². The fraction of sp³-hybridized carbons (Fsp3) is 0.545. The minimum Gasteiger partial charge on any atom is -0.867 e. The van der Waals surface area contributed by atoms with Crippen LogP contribution in [0.5, 0.6) is 17.2 Å². The Hall–Kier alpha value is -2.70. The summed E-state index contributed by atoms with van der Waals surface area (Å²) in [6.45, 7) is 5.94. The quantitative estimate of drug-likeness (QED) is 0.184. The summed E-state index contributed by atoms with van der Waals surface area (Å²) in [5.41, 5.74) is -0.929. The highest BCUT2D eigenvalue weighted by molar-refractivity contribution is 6.17. The van der Waals surface area contributed by atoms with E-state index in [1.807, 2.05) is 13.8 Å². The predicted molar refractivity (Wildman–Crippen MR) is 108 cm³/mol. The molecule has 29 heavy (non-hydrogen) atoms. The SMILES string of the molecule is CCCCCC(CC)(CC)OC(=O)/C(=C/c1cc(OC)c([O-])c(OC)c1)C(=O)O. The second-order valence-corrected chi connectivity index (χ2v) is 6.85. The maximum absolute atomic E-state index is 12.7. The van der Waals surface area contributed by atoms with Crippen LogP contribution in [0.4, 0.5) is 0 Å². The van der Waals surface area contributed by atoms with Gasteiger partial charge in [-0.05, 0) is 55.2 Å². The first kappa shape index (κ1) is 24.3. The number of carbonyl (C=O) groups is 2. The number of carboxylic acids is 1. The first-order valence-corrected chi connectivity index (χ1v) is 9.88. The zero-order valence-electron chi connectivity index (χ0n) is 17.9. The number of rotatable bonds is 12. The number of methoxy groups -OCH3 is 2. The van der Waals surface area contributed by atoms with Crippen LogP contribution in [0.1, 0.15) is 64.9 Å². The van der Waals surface area contributed by atoms with Crippen LogP contribution in [0.2, 0.25) is 0 Å². The fourth-order valence-corrected chi connectivity index (χ4v) is 3.11. The number of benzene rings is 1. The van der Waals surface area contributed by atoms with Crippen molar-refractivity contribution in [1.82, 2.24) is 0 Å². The number of unbranched alkanes of at least 4 members (excludes halogenated alkanes) is 2. The highest BCUT2D eigenvalue weighted by Gasteiger charge is 2.33. The average Bonchev–Trinajstić information content (AvgIpc) is 2.71. The molecule has 0 saturated heterocycles. The van der Waals surface area contributed by atoms with Gasteiger partial charge in [0.15, 0.2) is 0 Å². The van der Waals surface area contributed by atoms with Crippen LogP contribution >= 0.6 is 0 Å². The number of esters is 1. The smallest absolute Gasteiger partial charge is 0.346 e. The fourth-order valence-electron chi connectivity index (χ4n) is 3.11. The molecule has 0 unspecified atom stereocenters. The Balaban J connectivity index is 3.25. The third-order valence-corrected chi connectivity index (χ3v) is 5.08. The number of carboxylic acid groups (broad SMARTS) is 1. The summed E-state index contributed by atoms with van der Waals surface area (Å²) in [4.78, 5) is 24.5. The minimum atomic E-state index is -1.41. The predicted octanol–water partition coefficient (Wildman–Crippen LogP) is 3.93. The van der Waals surface area contributed by atoms with Crippen LogP contribution in [-0.4, -0.2) is 36.9 Å². The van der Waals surface area contributed by atoms with Gasteiger partial charge in [0.1, 0.15) is 22.7 Å². The van der Waals surface area contributed by atoms with Gasteiger partial charge in [-0.15, -0.1) is 0 Å². The van der Waals surface area contributed by atoms with Gasteiger partial charge in [-0.25, -0.2) is 9.59 Å². The average molecular weight is 407 g/mol. The lowest BCUT2D eigenvalue weighted by Gasteiger charge is -2.31. The standard InChI is InChI=1S/C22H32O7/c1-6-9-10-11-22(7-2,8-3)29-21(26)16(20(24)25)12-15-13-17(27-4)19(23)18(14-15)28-5/h12-14,23H,6-11H2,1-5H3,(H,24,25)/p-1/b16-12+. The van der Waals surface area contributed by atoms with Crippen molar-refractivity contribution in [2.75, 3.05) is 14.2 Å². The molecule has 0 aromatic heterocycles. The molecule has 1 aromatic rings. The molecule has 0 aliphatic rings. The van der Waals surface area contributed by atoms with Gasteiger partial charge in [0, 0.05) is 0 Å². The van der Waals surface area contributed by atoms with Crippen molar-refractivity contribution in [3.63, 3.8) is 0 Å². The maximum Gasteiger partial charge on any atom is 0.346 e. The molecule has 7 nitrogen and oxygen atoms in total. The van der Waals surface area contributed by atoms with Crippen molar-refractivity contribution in [2.45, 2.75) is 64.9 Å². The van der Waals surface area contributed by atoms with E-state index in [-0.39, 0.29) is 17.1 Å². The molecule has 0 aliphatic heterocycles. The molecule has 162 valence electrons. The highest BCUT2D eigenvalue weighted by Crippen LogP contribution is 2.35. The van der Waals surface area contributed by atoms with Crippen LogP contribution in [0, 0.1) is 0 Å². The summed E-state index contributed by atoms with van der Waals surface area (Å²) in [6, 6.07) is 2.71. The van der Waals surface area contributed by atoms with Crippen molar-refractivity contribution >= 4 is 18.0 Å². The normalized spacial score (nSPS) is 11.8. The van der Waals surface area contributed by atoms with E-state index < -0.39 is 28.9 Å². The van der Waals surface area contributed by atoms with E-state index in [9.17, 15) is 19.8 Å². The summed E-state index contributed by atoms with van der Waals surface area (Å²) in [7, 11) is 2.65. The second-order valence-electron chi connectivity index (χ2n) is 6.85. The molecular weight excluding hydrogens is 376 g/mol. The van der Waals surface area contributed by atoms with Gasteiger partial charge in [-0.2, -0.15) is 0 Å². The Morgan fingerprint density at radius 2 is 1.62 bits per heavy atom. The van der Waals surface area contributed by atoms with Crippen LogP contribution in [0.3, 0.4) is 0 Å². The van der Waals surface area contributed by atoms with E-state index in [4.69, 9.17) is 14.2 Å². The number of carbonyl (C=O) groups excluding carboxylic acids is 1. The monoisotopic (exact) mass is 407 g/mol. The van der Waals surface area contributed by atoms with Crippen molar-refractivity contribution in [3.05, 3.63) is 23.3 Å². The lowest BCUT2D eigenvalue weighted by Crippen LogP contribution is -2.35. The molecule has 0 atom stereocenters. The third-order valence-electron chi connectivity index (χ3n) is 5.08. The molecule has 0 heterocycles. The Bertz CT molecular complexity index is 708. The van der Waals surface area contributed by atoms with Crippen LogP contribution in [0.25, 0.3) is 6.08 Å². The van der Waals surface area contributed by atoms with Gasteiger partial charge < -0.3 is 24.4 Å². The molecule has 0 bridgehead atoms. The highest BCUT2D eigenvalue weighted by atomic mass is 16.6. The van der Waals surface area contributed by atoms with Gasteiger partial charge in [-0.1, -0.05) is 33.6 Å². The van der Waals surface area contributed by atoms with Gasteiger partial charge in [0.2, 0.25) is 0 Å². The molecule has 0 radical (unpaired) electrons. The molecule has 0 spiro atoms. The van der Waals surface area contributed by atoms with Crippen LogP contribution < -0.4 is 14.6 Å². The molecule has 0 amide bonds. The summed E-state index contributed by atoms with van der Waals surface area (Å²) in [5.74, 6) is -2.79. The molecule has 0 aliphatic carbocycles. The topological polar surface area (TPSA) is 105 Å². The summed E-state index contributed by atoms with van der Waals surface area (Å²) < 4.78 is 15.7. The molecular formula is C22H31O7-. The summed E-state index contributed by atoms with van der Waals surface area (Å²) >= 11 is 0. The Labute approximate surface area is 172 Å². The van der Waals surface area contributed by atoms with Crippen LogP contribution in [0.15, 0.2) is 17.7 Å². The van der Waals surface area contributed by atoms with Gasteiger partial charge >= 0.3 is 11.9 Å². The summed E-state index contributed by atoms with van der Waals surface area (Å²) in [6.07, 6.45) is 5.99. The van der Waals surface area contributed by atoms with Gasteiger partial charge in [0.05, 0.1) is 14.2 Å². The second kappa shape index (κ2) is 11.3. The molecule has 7 heteroatoms. The number of ether oxygens (including phenoxy) is 3. The Kier molecular flexibility index (Phi) is 9.51. The third kappa shape index (κ3) is 6.41. The van der Waals surface area contributed by atoms with Crippen molar-refractivity contribution in [2.24, 2.45) is 0 Å². The van der Waals surface area contributed by atoms with Gasteiger partial charge in [0.25, 0.3) is 0 Å². The molecule has 0 fully saturated rings. The van der Waals surface area contributed by atoms with E-state index in [1.54, 1.807) is 0 Å². The molecule has 1 N–H and O–H groups in total. The number of hydrogen-bond acceptors (Lipinski definition) is 6. The maximum atomic E-state index is 12.7. The van der Waals surface area contributed by atoms with Gasteiger partial charge in [-0.3, -0.25) is 0 Å². The Morgan fingerprint density at radius 1 is 1.07 bits per heavy atom. The lowest BCUT2D eigenvalue weighted by molar-refractivity contribution is -0.271. The van der Waals surface area contributed by atoms with E-state index in [0.717, 1.165) is 25.3 Å². The zero-order valence-corrected chi connectivity index (χ0v) is 17.9.